The minimum Gasteiger partial charge on any atom is -0.423 e. The summed E-state index contributed by atoms with van der Waals surface area (Å²) in [4.78, 5) is 35.7. The molecule has 0 radical (unpaired) electrons. The van der Waals surface area contributed by atoms with Gasteiger partial charge in [-0.05, 0) is 61.9 Å². The second-order valence-electron chi connectivity index (χ2n) is 11.3. The summed E-state index contributed by atoms with van der Waals surface area (Å²) >= 11 is 5.92. The second kappa shape index (κ2) is 10.2. The van der Waals surface area contributed by atoms with Crippen molar-refractivity contribution in [1.82, 2.24) is 19.7 Å². The van der Waals surface area contributed by atoms with Crippen LogP contribution in [0.5, 0.6) is 5.75 Å². The number of fused-ring (bicyclic) bond motifs is 2. The van der Waals surface area contributed by atoms with E-state index < -0.39 is 17.9 Å². The van der Waals surface area contributed by atoms with E-state index in [1.54, 1.807) is 24.4 Å². The fourth-order valence-electron chi connectivity index (χ4n) is 5.69. The highest BCUT2D eigenvalue weighted by Crippen LogP contribution is 2.45. The largest absolute Gasteiger partial charge is 0.482 e. The quantitative estimate of drug-likeness (QED) is 0.301. The van der Waals surface area contributed by atoms with Crippen LogP contribution in [0.4, 0.5) is 14.5 Å². The number of nitrogens with two attached hydrogens (primary N) is 1. The number of ether oxygens (including phenoxy) is 2. The number of carbonyl (C=O) groups excluding carboxylic acids is 2. The number of rotatable bonds is 8. The van der Waals surface area contributed by atoms with Gasteiger partial charge < -0.3 is 15.2 Å². The molecule has 10 nitrogen and oxygen atoms in total. The lowest BCUT2D eigenvalue weighted by molar-refractivity contribution is -0.193. The van der Waals surface area contributed by atoms with Crippen molar-refractivity contribution >= 4 is 40.1 Å². The fraction of sp³-hybridized carbons (Fsp3) is 0.367. The Morgan fingerprint density at radius 2 is 2.00 bits per heavy atom. The van der Waals surface area contributed by atoms with Crippen LogP contribution >= 0.6 is 11.6 Å². The normalized spacial score (nSPS) is 18.7. The van der Waals surface area contributed by atoms with Gasteiger partial charge in [0.05, 0.1) is 59.7 Å². The topological polar surface area (TPSA) is 125 Å². The molecule has 2 N–H and O–H groups in total. The number of aromatic nitrogens is 4. The zero-order valence-electron chi connectivity index (χ0n) is 23.1. The minimum absolute atomic E-state index is 0.0218. The summed E-state index contributed by atoms with van der Waals surface area (Å²) < 4.78 is 42.1. The Balaban J connectivity index is 1.38. The van der Waals surface area contributed by atoms with Gasteiger partial charge in [0.15, 0.2) is 11.4 Å². The van der Waals surface area contributed by atoms with Crippen LogP contribution in [0.15, 0.2) is 42.7 Å². The van der Waals surface area contributed by atoms with E-state index in [0.717, 1.165) is 17.7 Å². The van der Waals surface area contributed by atoms with Crippen molar-refractivity contribution in [1.29, 1.82) is 0 Å². The van der Waals surface area contributed by atoms with E-state index in [4.69, 9.17) is 31.8 Å². The van der Waals surface area contributed by atoms with Gasteiger partial charge in [0.2, 0.25) is 0 Å². The molecule has 4 aromatic rings. The zero-order chi connectivity index (χ0) is 30.0. The van der Waals surface area contributed by atoms with Crippen LogP contribution in [0, 0.1) is 11.8 Å². The van der Waals surface area contributed by atoms with Gasteiger partial charge in [-0.15, -0.1) is 0 Å². The maximum Gasteiger partial charge on any atom is 0.482 e. The Bertz CT molecular complexity index is 1770. The van der Waals surface area contributed by atoms with Gasteiger partial charge in [-0.1, -0.05) is 17.7 Å². The van der Waals surface area contributed by atoms with Crippen molar-refractivity contribution in [3.05, 3.63) is 64.7 Å². The maximum absolute atomic E-state index is 14.9. The Hall–Kier alpha value is -4.16. The number of primary amides is 1. The average Bonchev–Trinajstić information content (AvgIpc) is 3.65. The van der Waals surface area contributed by atoms with E-state index in [-0.39, 0.29) is 35.5 Å². The van der Waals surface area contributed by atoms with E-state index in [0.29, 0.717) is 64.1 Å². The van der Waals surface area contributed by atoms with Gasteiger partial charge in [0.1, 0.15) is 0 Å². The average molecular weight is 609 g/mol. The molecule has 2 amide bonds. The van der Waals surface area contributed by atoms with Crippen molar-refractivity contribution < 1.29 is 27.8 Å². The molecule has 1 saturated carbocycles. The van der Waals surface area contributed by atoms with Crippen LogP contribution in [-0.2, 0) is 22.5 Å². The Labute approximate surface area is 249 Å². The summed E-state index contributed by atoms with van der Waals surface area (Å²) in [6, 6.07) is 7.68. The monoisotopic (exact) mass is 608 g/mol. The number of carbonyl (C=O) groups is 2. The number of halogens is 3. The maximum atomic E-state index is 14.9. The third kappa shape index (κ3) is 4.88. The predicted molar refractivity (Wildman–Crippen MR) is 153 cm³/mol. The molecule has 3 aliphatic rings. The Morgan fingerprint density at radius 3 is 2.65 bits per heavy atom. The lowest BCUT2D eigenvalue weighted by Crippen LogP contribution is -2.50. The first-order valence-corrected chi connectivity index (χ1v) is 14.4. The number of nitrogens with zero attached hydrogens (tertiary/aromatic N) is 5. The van der Waals surface area contributed by atoms with Gasteiger partial charge in [0.25, 0.3) is 5.91 Å². The molecular weight excluding hydrogens is 582 g/mol. The number of hydrogen-bond acceptors (Lipinski definition) is 7. The molecule has 5 heterocycles. The summed E-state index contributed by atoms with van der Waals surface area (Å²) in [5.74, 6) is -1.78. The molecule has 1 saturated heterocycles. The Morgan fingerprint density at radius 1 is 1.21 bits per heavy atom. The van der Waals surface area contributed by atoms with Crippen molar-refractivity contribution in [3.8, 4) is 16.9 Å². The van der Waals surface area contributed by atoms with Crippen LogP contribution < -0.4 is 15.4 Å². The first-order chi connectivity index (χ1) is 20.6. The number of anilines is 1. The minimum atomic E-state index is -4.12. The number of benzene rings is 1. The standard InChI is InChI=1S/C30H27ClF2N6O4/c1-15(18-13-42-14-18)39-28-21(11-36-39)25(26(27(34)40)22(37-28)8-16-2-3-16)17-4-7-23-24(9-17)43-30(32,33)29(41)38(23)12-20-6-5-19(31)10-35-20/h4-7,9-11,15-16,18H,2-3,8,12-14H2,1H3,(H2,34,40)/t15-/m0/s1. The third-order valence-corrected chi connectivity index (χ3v) is 8.58. The molecule has 13 heteroatoms. The number of pyridine rings is 2. The number of amides is 2. The summed E-state index contributed by atoms with van der Waals surface area (Å²) in [5.41, 5.74) is 8.65. The van der Waals surface area contributed by atoms with Gasteiger partial charge in [-0.2, -0.15) is 13.9 Å². The number of alkyl halides is 2. The van der Waals surface area contributed by atoms with Crippen LogP contribution in [0.25, 0.3) is 22.2 Å². The molecule has 0 spiro atoms. The van der Waals surface area contributed by atoms with E-state index in [1.807, 2.05) is 11.6 Å². The number of hydrogen-bond donors (Lipinski definition) is 1. The van der Waals surface area contributed by atoms with Crippen LogP contribution in [0.1, 0.15) is 47.6 Å². The molecule has 43 heavy (non-hydrogen) atoms. The molecule has 1 aromatic carbocycles. The fourth-order valence-corrected chi connectivity index (χ4v) is 5.80. The van der Waals surface area contributed by atoms with E-state index in [2.05, 4.69) is 10.1 Å². The lowest BCUT2D eigenvalue weighted by atomic mass is 9.93. The molecule has 2 aliphatic heterocycles. The third-order valence-electron chi connectivity index (χ3n) is 8.36. The van der Waals surface area contributed by atoms with Crippen LogP contribution in [-0.4, -0.2) is 50.9 Å². The molecule has 7 rings (SSSR count). The highest BCUT2D eigenvalue weighted by molar-refractivity contribution is 6.30. The molecule has 0 bridgehead atoms. The highest BCUT2D eigenvalue weighted by Gasteiger charge is 2.50. The van der Waals surface area contributed by atoms with Crippen molar-refractivity contribution in [2.45, 2.75) is 44.9 Å². The van der Waals surface area contributed by atoms with Crippen LogP contribution in [0.3, 0.4) is 0 Å². The van der Waals surface area contributed by atoms with E-state index in [1.165, 1.54) is 18.3 Å². The first kappa shape index (κ1) is 27.7. The second-order valence-corrected chi connectivity index (χ2v) is 11.8. The SMILES string of the molecule is C[C@@H](C1COC1)n1ncc2c(-c3ccc4c(c3)OC(F)(F)C(=O)N4Cc3ccc(Cl)cn3)c(C(N)=O)c(CC3CC3)nc21. The Kier molecular flexibility index (Phi) is 6.58. The van der Waals surface area contributed by atoms with Gasteiger partial charge >= 0.3 is 12.0 Å². The summed E-state index contributed by atoms with van der Waals surface area (Å²) in [5, 5.41) is 5.56. The van der Waals surface area contributed by atoms with E-state index >= 15 is 0 Å². The summed E-state index contributed by atoms with van der Waals surface area (Å²) in [7, 11) is 0. The van der Waals surface area contributed by atoms with Gasteiger partial charge in [-0.25, -0.2) is 9.67 Å². The lowest BCUT2D eigenvalue weighted by Gasteiger charge is -2.33. The van der Waals surface area contributed by atoms with Crippen LogP contribution in [0.2, 0.25) is 5.02 Å². The molecule has 222 valence electrons. The van der Waals surface area contributed by atoms with Crippen molar-refractivity contribution in [2.24, 2.45) is 17.6 Å². The summed E-state index contributed by atoms with van der Waals surface area (Å²) in [6.07, 6.45) is 1.48. The summed E-state index contributed by atoms with van der Waals surface area (Å²) in [6.45, 7) is 3.04. The van der Waals surface area contributed by atoms with Crippen molar-refractivity contribution in [2.75, 3.05) is 18.1 Å². The smallest absolute Gasteiger partial charge is 0.423 e. The molecule has 1 atom stereocenters. The molecule has 0 unspecified atom stereocenters. The molecular formula is C30H27ClF2N6O4. The molecule has 2 fully saturated rings. The van der Waals surface area contributed by atoms with Crippen molar-refractivity contribution in [3.63, 3.8) is 0 Å². The van der Waals surface area contributed by atoms with Gasteiger partial charge in [0, 0.05) is 23.1 Å². The van der Waals surface area contributed by atoms with E-state index in [9.17, 15) is 18.4 Å². The van der Waals surface area contributed by atoms with Gasteiger partial charge in [-0.3, -0.25) is 19.5 Å². The molecule has 3 aromatic heterocycles. The predicted octanol–water partition coefficient (Wildman–Crippen LogP) is 4.92. The highest BCUT2D eigenvalue weighted by atomic mass is 35.5. The zero-order valence-corrected chi connectivity index (χ0v) is 23.9. The molecule has 1 aliphatic carbocycles. The first-order valence-electron chi connectivity index (χ1n) is 14.0.